The van der Waals surface area contributed by atoms with Crippen LogP contribution >= 0.6 is 0 Å². The summed E-state index contributed by atoms with van der Waals surface area (Å²) >= 11 is 0. The highest BCUT2D eigenvalue weighted by Crippen LogP contribution is 2.23. The maximum atomic E-state index is 12.7. The van der Waals surface area contributed by atoms with E-state index in [0.717, 1.165) is 16.9 Å². The van der Waals surface area contributed by atoms with E-state index in [9.17, 15) is 4.79 Å². The van der Waals surface area contributed by atoms with Crippen LogP contribution in [0, 0.1) is 0 Å². The van der Waals surface area contributed by atoms with Crippen molar-refractivity contribution in [1.82, 2.24) is 4.90 Å². The monoisotopic (exact) mass is 333 g/mol. The standard InChI is InChI=1S/C19H27NO4/c1-14(15-6-8-16(23-5)9-7-15)10-18(21)20-11-17(12-22-4)24-19(2,3)13-20/h6-10,17H,11-13H2,1-5H3/b14-10+. The van der Waals surface area contributed by atoms with Crippen LogP contribution in [0.1, 0.15) is 26.3 Å². The average Bonchev–Trinajstić information content (AvgIpc) is 2.53. The van der Waals surface area contributed by atoms with Gasteiger partial charge in [0.2, 0.25) is 5.91 Å². The van der Waals surface area contributed by atoms with E-state index < -0.39 is 0 Å². The number of allylic oxidation sites excluding steroid dienone is 1. The molecule has 0 saturated carbocycles. The summed E-state index contributed by atoms with van der Waals surface area (Å²) in [5.74, 6) is 0.802. The molecule has 1 heterocycles. The predicted octanol–water partition coefficient (Wildman–Crippen LogP) is 2.75. The molecule has 0 bridgehead atoms. The Bertz CT molecular complexity index is 592. The van der Waals surface area contributed by atoms with E-state index in [-0.39, 0.29) is 17.6 Å². The molecule has 1 fully saturated rings. The van der Waals surface area contributed by atoms with Crippen LogP contribution in [0.4, 0.5) is 0 Å². The molecule has 1 atom stereocenters. The van der Waals surface area contributed by atoms with Gasteiger partial charge in [-0.3, -0.25) is 4.79 Å². The lowest BCUT2D eigenvalue weighted by molar-refractivity contribution is -0.165. The first-order chi connectivity index (χ1) is 11.3. The second-order valence-electron chi connectivity index (χ2n) is 6.73. The molecular weight excluding hydrogens is 306 g/mol. The van der Waals surface area contributed by atoms with Crippen molar-refractivity contribution in [2.24, 2.45) is 0 Å². The largest absolute Gasteiger partial charge is 0.497 e. The van der Waals surface area contributed by atoms with Gasteiger partial charge in [0.15, 0.2) is 0 Å². The number of hydrogen-bond donors (Lipinski definition) is 0. The van der Waals surface area contributed by atoms with Crippen molar-refractivity contribution in [2.45, 2.75) is 32.5 Å². The minimum atomic E-state index is -0.376. The Morgan fingerprint density at radius 1 is 1.33 bits per heavy atom. The topological polar surface area (TPSA) is 48.0 Å². The maximum Gasteiger partial charge on any atom is 0.247 e. The van der Waals surface area contributed by atoms with Gasteiger partial charge in [0.25, 0.3) is 0 Å². The Morgan fingerprint density at radius 2 is 2.00 bits per heavy atom. The molecule has 132 valence electrons. The molecule has 1 amide bonds. The SMILES string of the molecule is COCC1CN(C(=O)/C=C(\C)c2ccc(OC)cc2)CC(C)(C)O1. The van der Waals surface area contributed by atoms with Crippen molar-refractivity contribution in [3.8, 4) is 5.75 Å². The van der Waals surface area contributed by atoms with Crippen molar-refractivity contribution in [2.75, 3.05) is 33.9 Å². The summed E-state index contributed by atoms with van der Waals surface area (Å²) in [5.41, 5.74) is 1.55. The van der Waals surface area contributed by atoms with Crippen LogP contribution in [0.2, 0.25) is 0 Å². The fourth-order valence-corrected chi connectivity index (χ4v) is 2.95. The zero-order chi connectivity index (χ0) is 17.7. The van der Waals surface area contributed by atoms with Gasteiger partial charge in [0, 0.05) is 26.3 Å². The molecule has 2 rings (SSSR count). The van der Waals surface area contributed by atoms with Crippen LogP contribution < -0.4 is 4.74 Å². The molecule has 1 saturated heterocycles. The molecule has 1 unspecified atom stereocenters. The first-order valence-electron chi connectivity index (χ1n) is 8.13. The van der Waals surface area contributed by atoms with E-state index in [0.29, 0.717) is 19.7 Å². The molecule has 1 aromatic carbocycles. The molecule has 1 aliphatic heterocycles. The normalized spacial score (nSPS) is 20.8. The lowest BCUT2D eigenvalue weighted by Gasteiger charge is -2.42. The van der Waals surface area contributed by atoms with Gasteiger partial charge in [0.1, 0.15) is 5.75 Å². The highest BCUT2D eigenvalue weighted by atomic mass is 16.5. The minimum Gasteiger partial charge on any atom is -0.497 e. The van der Waals surface area contributed by atoms with Crippen LogP contribution in [0.25, 0.3) is 5.57 Å². The molecular formula is C19H27NO4. The average molecular weight is 333 g/mol. The first-order valence-corrected chi connectivity index (χ1v) is 8.13. The number of nitrogens with zero attached hydrogens (tertiary/aromatic N) is 1. The molecule has 0 N–H and O–H groups in total. The molecule has 1 aromatic rings. The molecule has 24 heavy (non-hydrogen) atoms. The van der Waals surface area contributed by atoms with E-state index >= 15 is 0 Å². The fourth-order valence-electron chi connectivity index (χ4n) is 2.95. The third-order valence-electron chi connectivity index (χ3n) is 4.03. The highest BCUT2D eigenvalue weighted by molar-refractivity contribution is 5.95. The third kappa shape index (κ3) is 4.82. The van der Waals surface area contributed by atoms with Crippen LogP contribution in [-0.4, -0.2) is 56.4 Å². The molecule has 5 nitrogen and oxygen atoms in total. The van der Waals surface area contributed by atoms with Gasteiger partial charge in [-0.25, -0.2) is 0 Å². The number of methoxy groups -OCH3 is 2. The van der Waals surface area contributed by atoms with Crippen molar-refractivity contribution in [3.63, 3.8) is 0 Å². The number of hydrogen-bond acceptors (Lipinski definition) is 4. The Kier molecular flexibility index (Phi) is 6.02. The van der Waals surface area contributed by atoms with Crippen molar-refractivity contribution in [3.05, 3.63) is 35.9 Å². The van der Waals surface area contributed by atoms with Crippen LogP contribution in [0.15, 0.2) is 30.3 Å². The van der Waals surface area contributed by atoms with E-state index in [4.69, 9.17) is 14.2 Å². The summed E-state index contributed by atoms with van der Waals surface area (Å²) in [7, 11) is 3.28. The molecule has 0 aliphatic carbocycles. The van der Waals surface area contributed by atoms with E-state index in [2.05, 4.69) is 0 Å². The molecule has 0 aromatic heterocycles. The number of carbonyl (C=O) groups is 1. The van der Waals surface area contributed by atoms with Crippen LogP contribution in [0.5, 0.6) is 5.75 Å². The van der Waals surface area contributed by atoms with Gasteiger partial charge in [-0.2, -0.15) is 0 Å². The number of rotatable bonds is 5. The Morgan fingerprint density at radius 3 is 2.58 bits per heavy atom. The summed E-state index contributed by atoms with van der Waals surface area (Å²) in [4.78, 5) is 14.5. The lowest BCUT2D eigenvalue weighted by Crippen LogP contribution is -2.55. The zero-order valence-corrected chi connectivity index (χ0v) is 15.2. The summed E-state index contributed by atoms with van der Waals surface area (Å²) in [5, 5.41) is 0. The van der Waals surface area contributed by atoms with Crippen LogP contribution in [-0.2, 0) is 14.3 Å². The summed E-state index contributed by atoms with van der Waals surface area (Å²) in [6.07, 6.45) is 1.59. The second kappa shape index (κ2) is 7.81. The van der Waals surface area contributed by atoms with Crippen molar-refractivity contribution >= 4 is 11.5 Å². The van der Waals surface area contributed by atoms with E-state index in [1.54, 1.807) is 20.3 Å². The summed E-state index contributed by atoms with van der Waals surface area (Å²) in [6.45, 7) is 7.53. The maximum absolute atomic E-state index is 12.7. The molecule has 1 aliphatic rings. The highest BCUT2D eigenvalue weighted by Gasteiger charge is 2.35. The quantitative estimate of drug-likeness (QED) is 0.778. The van der Waals surface area contributed by atoms with Crippen LogP contribution in [0.3, 0.4) is 0 Å². The number of amides is 1. The summed E-state index contributed by atoms with van der Waals surface area (Å²) < 4.78 is 16.3. The number of benzene rings is 1. The third-order valence-corrected chi connectivity index (χ3v) is 4.03. The first kappa shape index (κ1) is 18.5. The van der Waals surface area contributed by atoms with E-state index in [1.807, 2.05) is 49.9 Å². The predicted molar refractivity (Wildman–Crippen MR) is 94.1 cm³/mol. The Labute approximate surface area is 144 Å². The lowest BCUT2D eigenvalue weighted by atomic mass is 10.0. The zero-order valence-electron chi connectivity index (χ0n) is 15.2. The molecule has 0 spiro atoms. The van der Waals surface area contributed by atoms with Gasteiger partial charge < -0.3 is 19.1 Å². The van der Waals surface area contributed by atoms with Gasteiger partial charge >= 0.3 is 0 Å². The van der Waals surface area contributed by atoms with Crippen molar-refractivity contribution < 1.29 is 19.0 Å². The smallest absolute Gasteiger partial charge is 0.247 e. The Balaban J connectivity index is 2.11. The number of carbonyl (C=O) groups excluding carboxylic acids is 1. The van der Waals surface area contributed by atoms with Gasteiger partial charge in [0.05, 0.1) is 25.4 Å². The van der Waals surface area contributed by atoms with Gasteiger partial charge in [-0.05, 0) is 44.0 Å². The van der Waals surface area contributed by atoms with Gasteiger partial charge in [-0.1, -0.05) is 12.1 Å². The number of morpholine rings is 1. The van der Waals surface area contributed by atoms with Gasteiger partial charge in [-0.15, -0.1) is 0 Å². The minimum absolute atomic E-state index is 0.000737. The summed E-state index contributed by atoms with van der Waals surface area (Å²) in [6, 6.07) is 7.69. The fraction of sp³-hybridized carbons (Fsp3) is 0.526. The second-order valence-corrected chi connectivity index (χ2v) is 6.73. The Hall–Kier alpha value is -1.85. The molecule has 5 heteroatoms. The van der Waals surface area contributed by atoms with Crippen molar-refractivity contribution in [1.29, 1.82) is 0 Å². The van der Waals surface area contributed by atoms with E-state index in [1.165, 1.54) is 0 Å². The molecule has 0 radical (unpaired) electrons. The number of ether oxygens (including phenoxy) is 3.